The average molecular weight is 539 g/mol. The monoisotopic (exact) mass is 538 g/mol. The van der Waals surface area contributed by atoms with Gasteiger partial charge in [-0.2, -0.15) is 25.3 Å². The lowest BCUT2D eigenvalue weighted by Crippen LogP contribution is -2.54. The molecule has 36 heavy (non-hydrogen) atoms. The van der Waals surface area contributed by atoms with Gasteiger partial charge in [-0.05, 0) is 57.0 Å². The van der Waals surface area contributed by atoms with Gasteiger partial charge in [0.25, 0.3) is 0 Å². The summed E-state index contributed by atoms with van der Waals surface area (Å²) in [6, 6.07) is 6.54. The number of hydrogen-bond acceptors (Lipinski definition) is 8. The normalized spacial score (nSPS) is 21.8. The van der Waals surface area contributed by atoms with Gasteiger partial charge in [-0.3, -0.25) is 19.9 Å². The van der Waals surface area contributed by atoms with Crippen LogP contribution < -0.4 is 15.4 Å². The first-order valence-electron chi connectivity index (χ1n) is 13.0. The third-order valence-electron chi connectivity index (χ3n) is 7.06. The quantitative estimate of drug-likeness (QED) is 0.287. The molecule has 2 aliphatic heterocycles. The zero-order valence-electron chi connectivity index (χ0n) is 21.6. The van der Waals surface area contributed by atoms with Crippen LogP contribution in [0.25, 0.3) is 0 Å². The van der Waals surface area contributed by atoms with Crippen molar-refractivity contribution >= 4 is 42.9 Å². The Morgan fingerprint density at radius 2 is 1.89 bits per heavy atom. The fourth-order valence-electron chi connectivity index (χ4n) is 5.44. The van der Waals surface area contributed by atoms with Gasteiger partial charge < -0.3 is 14.8 Å². The molecule has 10 heteroatoms. The number of nitrogens with one attached hydrogen (secondary N) is 2. The minimum Gasteiger partial charge on any atom is -0.495 e. The number of carbonyl (C=O) groups excluding carboxylic acids is 2. The molecule has 0 aliphatic carbocycles. The van der Waals surface area contributed by atoms with E-state index in [-0.39, 0.29) is 12.0 Å². The number of ether oxygens (including phenoxy) is 2. The zero-order chi connectivity index (χ0) is 25.9. The van der Waals surface area contributed by atoms with Crippen LogP contribution in [0.15, 0.2) is 18.2 Å². The third-order valence-corrected chi connectivity index (χ3v) is 7.48. The summed E-state index contributed by atoms with van der Waals surface area (Å²) in [7, 11) is 1.59. The smallest absolute Gasteiger partial charge is 0.412 e. The molecule has 0 aromatic heterocycles. The number of carbonyl (C=O) groups is 2. The lowest BCUT2D eigenvalue weighted by Gasteiger charge is -2.48. The molecule has 1 aromatic rings. The molecule has 2 saturated heterocycles. The van der Waals surface area contributed by atoms with Crippen molar-refractivity contribution in [3.63, 3.8) is 0 Å². The number of piperidine rings is 2. The summed E-state index contributed by atoms with van der Waals surface area (Å²) < 4.78 is 11.2. The zero-order valence-corrected chi connectivity index (χ0v) is 23.4. The van der Waals surface area contributed by atoms with Gasteiger partial charge in [-0.15, -0.1) is 0 Å². The minimum absolute atomic E-state index is 0.0437. The SMILES string of the molecule is COc1ccc(C)cc1NC(=O)OC1CC2CCCC(C1)N2CCCN(CCS)CC(=O)NCCS. The number of fused-ring (bicyclic) bond motifs is 2. The van der Waals surface area contributed by atoms with Crippen molar-refractivity contribution in [2.24, 2.45) is 0 Å². The molecule has 1 aromatic carbocycles. The largest absolute Gasteiger partial charge is 0.495 e. The number of rotatable bonds is 13. The summed E-state index contributed by atoms with van der Waals surface area (Å²) in [4.78, 5) is 29.6. The Balaban J connectivity index is 1.48. The minimum atomic E-state index is -0.422. The second-order valence-electron chi connectivity index (χ2n) is 9.73. The number of amides is 2. The van der Waals surface area contributed by atoms with Crippen molar-refractivity contribution in [1.29, 1.82) is 0 Å². The molecule has 3 rings (SSSR count). The molecule has 2 fully saturated rings. The van der Waals surface area contributed by atoms with E-state index in [0.717, 1.165) is 63.1 Å². The third kappa shape index (κ3) is 8.75. The summed E-state index contributed by atoms with van der Waals surface area (Å²) in [5.74, 6) is 2.03. The Morgan fingerprint density at radius 1 is 1.14 bits per heavy atom. The van der Waals surface area contributed by atoms with Gasteiger partial charge in [0, 0.05) is 49.5 Å². The second kappa shape index (κ2) is 15.0. The highest BCUT2D eigenvalue weighted by atomic mass is 32.1. The van der Waals surface area contributed by atoms with Crippen molar-refractivity contribution in [1.82, 2.24) is 15.1 Å². The first-order chi connectivity index (χ1) is 17.4. The topological polar surface area (TPSA) is 83.1 Å². The lowest BCUT2D eigenvalue weighted by molar-refractivity contribution is -0.122. The van der Waals surface area contributed by atoms with Crippen LogP contribution in [0.5, 0.6) is 5.75 Å². The van der Waals surface area contributed by atoms with Crippen LogP contribution in [-0.2, 0) is 9.53 Å². The molecule has 2 amide bonds. The number of benzene rings is 1. The first-order valence-corrected chi connectivity index (χ1v) is 14.3. The molecule has 202 valence electrons. The van der Waals surface area contributed by atoms with Gasteiger partial charge in [0.05, 0.1) is 19.3 Å². The number of anilines is 1. The van der Waals surface area contributed by atoms with E-state index < -0.39 is 6.09 Å². The number of aryl methyl sites for hydroxylation is 1. The van der Waals surface area contributed by atoms with E-state index in [1.54, 1.807) is 7.11 Å². The molecule has 8 nitrogen and oxygen atoms in total. The Morgan fingerprint density at radius 3 is 2.56 bits per heavy atom. The molecule has 2 unspecified atom stereocenters. The maximum atomic E-state index is 12.7. The molecule has 2 aliphatic rings. The van der Waals surface area contributed by atoms with Crippen molar-refractivity contribution in [3.8, 4) is 5.75 Å². The maximum absolute atomic E-state index is 12.7. The van der Waals surface area contributed by atoms with E-state index in [2.05, 4.69) is 45.7 Å². The highest BCUT2D eigenvalue weighted by molar-refractivity contribution is 7.80. The molecule has 0 spiro atoms. The molecule has 2 N–H and O–H groups in total. The molecule has 2 atom stereocenters. The van der Waals surface area contributed by atoms with Crippen LogP contribution in [0.3, 0.4) is 0 Å². The van der Waals surface area contributed by atoms with Crippen LogP contribution in [0, 0.1) is 6.92 Å². The number of thiol groups is 2. The molecule has 2 heterocycles. The van der Waals surface area contributed by atoms with Crippen LogP contribution in [0.4, 0.5) is 10.5 Å². The highest BCUT2D eigenvalue weighted by Crippen LogP contribution is 2.35. The van der Waals surface area contributed by atoms with Crippen molar-refractivity contribution in [3.05, 3.63) is 23.8 Å². The van der Waals surface area contributed by atoms with Gasteiger partial charge in [-0.1, -0.05) is 12.5 Å². The summed E-state index contributed by atoms with van der Waals surface area (Å²) in [6.07, 6.45) is 5.72. The fourth-order valence-corrected chi connectivity index (χ4v) is 5.84. The van der Waals surface area contributed by atoms with Gasteiger partial charge >= 0.3 is 6.09 Å². The van der Waals surface area contributed by atoms with Crippen LogP contribution >= 0.6 is 25.3 Å². The van der Waals surface area contributed by atoms with E-state index in [1.807, 2.05) is 25.1 Å². The van der Waals surface area contributed by atoms with Crippen LogP contribution in [0.1, 0.15) is 44.1 Å². The Kier molecular flexibility index (Phi) is 12.0. The molecule has 2 bridgehead atoms. The summed E-state index contributed by atoms with van der Waals surface area (Å²) >= 11 is 8.51. The van der Waals surface area contributed by atoms with Crippen molar-refractivity contribution in [2.45, 2.75) is 63.6 Å². The average Bonchev–Trinajstić information content (AvgIpc) is 2.83. The van der Waals surface area contributed by atoms with Gasteiger partial charge in [0.15, 0.2) is 0 Å². The maximum Gasteiger partial charge on any atom is 0.412 e. The van der Waals surface area contributed by atoms with Crippen molar-refractivity contribution < 1.29 is 19.1 Å². The van der Waals surface area contributed by atoms with Gasteiger partial charge in [0.1, 0.15) is 11.9 Å². The highest BCUT2D eigenvalue weighted by Gasteiger charge is 2.39. The number of hydrogen-bond donors (Lipinski definition) is 4. The standard InChI is InChI=1S/C26H42N4O4S2/c1-19-7-8-24(33-2)23(15-19)28-26(32)34-22-16-20-5-3-6-21(17-22)30(20)11-4-10-29(12-14-36)18-25(31)27-9-13-35/h7-8,15,20-22,35-36H,3-6,9-14,16-18H2,1-2H3,(H,27,31)(H,28,32). The lowest BCUT2D eigenvalue weighted by atomic mass is 9.82. The van der Waals surface area contributed by atoms with Gasteiger partial charge in [0.2, 0.25) is 5.91 Å². The Labute approximate surface area is 226 Å². The fraction of sp³-hybridized carbons (Fsp3) is 0.692. The number of nitrogens with zero attached hydrogens (tertiary/aromatic N) is 2. The summed E-state index contributed by atoms with van der Waals surface area (Å²) in [5, 5.41) is 5.76. The van der Waals surface area contributed by atoms with Crippen LogP contribution in [0.2, 0.25) is 0 Å². The predicted molar refractivity (Wildman–Crippen MR) is 151 cm³/mol. The molecule has 0 radical (unpaired) electrons. The summed E-state index contributed by atoms with van der Waals surface area (Å²) in [5.41, 5.74) is 1.67. The van der Waals surface area contributed by atoms with Crippen LogP contribution in [-0.4, -0.2) is 91.3 Å². The van der Waals surface area contributed by atoms with Gasteiger partial charge in [-0.25, -0.2) is 4.79 Å². The molecule has 0 saturated carbocycles. The Bertz CT molecular complexity index is 845. The van der Waals surface area contributed by atoms with E-state index in [0.29, 0.717) is 42.4 Å². The van der Waals surface area contributed by atoms with E-state index in [4.69, 9.17) is 9.47 Å². The predicted octanol–water partition coefficient (Wildman–Crippen LogP) is 3.61. The number of methoxy groups -OCH3 is 1. The van der Waals surface area contributed by atoms with E-state index in [1.165, 1.54) is 6.42 Å². The van der Waals surface area contributed by atoms with E-state index in [9.17, 15) is 9.59 Å². The molecular formula is C26H42N4O4S2. The van der Waals surface area contributed by atoms with Crippen molar-refractivity contribution in [2.75, 3.05) is 56.7 Å². The summed E-state index contributed by atoms with van der Waals surface area (Å²) in [6.45, 7) is 5.62. The Hall–Kier alpha value is -1.62. The first kappa shape index (κ1) is 28.9. The van der Waals surface area contributed by atoms with E-state index >= 15 is 0 Å². The molecular weight excluding hydrogens is 496 g/mol. The second-order valence-corrected chi connectivity index (χ2v) is 10.6.